The standard InChI is InChI=1S/C14H13N3OS/c1-2-3-4-7-13(18)17-14-16-12(10-19-14)11-6-5-8-15-9-11/h2-10H,1H3,(H,16,17,18)/b3-2+,7-4+. The van der Waals surface area contributed by atoms with E-state index in [-0.39, 0.29) is 5.91 Å². The van der Waals surface area contributed by atoms with E-state index in [2.05, 4.69) is 15.3 Å². The lowest BCUT2D eigenvalue weighted by molar-refractivity contribution is -0.111. The van der Waals surface area contributed by atoms with Crippen LogP contribution in [0.3, 0.4) is 0 Å². The van der Waals surface area contributed by atoms with E-state index >= 15 is 0 Å². The van der Waals surface area contributed by atoms with E-state index in [1.807, 2.05) is 30.5 Å². The van der Waals surface area contributed by atoms with Gasteiger partial charge < -0.3 is 0 Å². The number of anilines is 1. The largest absolute Gasteiger partial charge is 0.298 e. The molecule has 5 heteroatoms. The average molecular weight is 271 g/mol. The minimum absolute atomic E-state index is 0.190. The Labute approximate surface area is 115 Å². The molecular weight excluding hydrogens is 258 g/mol. The molecule has 19 heavy (non-hydrogen) atoms. The van der Waals surface area contributed by atoms with Gasteiger partial charge >= 0.3 is 0 Å². The first-order valence-corrected chi connectivity index (χ1v) is 6.64. The van der Waals surface area contributed by atoms with Crippen LogP contribution in [-0.2, 0) is 4.79 Å². The van der Waals surface area contributed by atoms with E-state index in [0.717, 1.165) is 11.3 Å². The van der Waals surface area contributed by atoms with Crippen LogP contribution < -0.4 is 5.32 Å². The van der Waals surface area contributed by atoms with Crippen molar-refractivity contribution in [3.63, 3.8) is 0 Å². The van der Waals surface area contributed by atoms with Crippen molar-refractivity contribution in [2.75, 3.05) is 5.32 Å². The normalized spacial score (nSPS) is 11.2. The molecular formula is C14H13N3OS. The van der Waals surface area contributed by atoms with E-state index < -0.39 is 0 Å². The van der Waals surface area contributed by atoms with Crippen molar-refractivity contribution in [1.29, 1.82) is 0 Å². The summed E-state index contributed by atoms with van der Waals surface area (Å²) in [5.41, 5.74) is 1.74. The van der Waals surface area contributed by atoms with Crippen LogP contribution in [0.2, 0.25) is 0 Å². The number of amides is 1. The second-order valence-electron chi connectivity index (χ2n) is 3.65. The van der Waals surface area contributed by atoms with Crippen molar-refractivity contribution in [3.8, 4) is 11.3 Å². The molecule has 0 saturated carbocycles. The topological polar surface area (TPSA) is 54.9 Å². The number of carbonyl (C=O) groups is 1. The molecule has 0 radical (unpaired) electrons. The summed E-state index contributed by atoms with van der Waals surface area (Å²) >= 11 is 1.39. The van der Waals surface area contributed by atoms with Crippen molar-refractivity contribution >= 4 is 22.4 Å². The van der Waals surface area contributed by atoms with Gasteiger partial charge in [0, 0.05) is 29.4 Å². The fourth-order valence-electron chi connectivity index (χ4n) is 1.38. The molecule has 2 rings (SSSR count). The number of allylic oxidation sites excluding steroid dienone is 3. The third kappa shape index (κ3) is 3.86. The Hall–Kier alpha value is -2.27. The van der Waals surface area contributed by atoms with Crippen LogP contribution in [0.25, 0.3) is 11.3 Å². The fourth-order valence-corrected chi connectivity index (χ4v) is 2.10. The van der Waals surface area contributed by atoms with Gasteiger partial charge in [0.25, 0.3) is 0 Å². The van der Waals surface area contributed by atoms with Gasteiger partial charge in [-0.3, -0.25) is 15.1 Å². The Morgan fingerprint density at radius 1 is 1.42 bits per heavy atom. The quantitative estimate of drug-likeness (QED) is 0.686. The number of aromatic nitrogens is 2. The number of carbonyl (C=O) groups excluding carboxylic acids is 1. The van der Waals surface area contributed by atoms with Gasteiger partial charge in [-0.2, -0.15) is 0 Å². The van der Waals surface area contributed by atoms with Gasteiger partial charge in [-0.25, -0.2) is 4.98 Å². The molecule has 0 fully saturated rings. The second-order valence-corrected chi connectivity index (χ2v) is 4.51. The van der Waals surface area contributed by atoms with E-state index in [0.29, 0.717) is 5.13 Å². The maximum atomic E-state index is 11.6. The number of hydrogen-bond acceptors (Lipinski definition) is 4. The number of hydrogen-bond donors (Lipinski definition) is 1. The molecule has 0 bridgehead atoms. The maximum Gasteiger partial charge on any atom is 0.250 e. The highest BCUT2D eigenvalue weighted by Crippen LogP contribution is 2.23. The van der Waals surface area contributed by atoms with Gasteiger partial charge in [0.05, 0.1) is 5.69 Å². The molecule has 1 N–H and O–H groups in total. The Kier molecular flexibility index (Phi) is 4.58. The summed E-state index contributed by atoms with van der Waals surface area (Å²) in [5, 5.41) is 5.19. The SMILES string of the molecule is C/C=C/C=C/C(=O)Nc1nc(-c2cccnc2)cs1. The Bertz CT molecular complexity index is 602. The average Bonchev–Trinajstić information content (AvgIpc) is 2.88. The first kappa shape index (κ1) is 13.2. The molecule has 1 amide bonds. The molecule has 0 aromatic carbocycles. The van der Waals surface area contributed by atoms with Crippen LogP contribution in [0.5, 0.6) is 0 Å². The van der Waals surface area contributed by atoms with Crippen molar-refractivity contribution in [3.05, 3.63) is 54.2 Å². The summed E-state index contributed by atoms with van der Waals surface area (Å²) in [6.07, 6.45) is 10.3. The number of rotatable bonds is 4. The highest BCUT2D eigenvalue weighted by molar-refractivity contribution is 7.14. The minimum Gasteiger partial charge on any atom is -0.298 e. The lowest BCUT2D eigenvalue weighted by Crippen LogP contribution is -2.07. The summed E-state index contributed by atoms with van der Waals surface area (Å²) in [5.74, 6) is -0.190. The molecule has 2 aromatic rings. The number of pyridine rings is 1. The molecule has 2 aromatic heterocycles. The third-order valence-electron chi connectivity index (χ3n) is 2.24. The molecule has 0 aliphatic heterocycles. The minimum atomic E-state index is -0.190. The number of nitrogens with zero attached hydrogens (tertiary/aromatic N) is 2. The van der Waals surface area contributed by atoms with Crippen molar-refractivity contribution in [1.82, 2.24) is 9.97 Å². The van der Waals surface area contributed by atoms with Crippen LogP contribution in [0.15, 0.2) is 54.2 Å². The molecule has 2 heterocycles. The number of thiazole rings is 1. The Balaban J connectivity index is 2.04. The number of nitrogens with one attached hydrogen (secondary N) is 1. The highest BCUT2D eigenvalue weighted by Gasteiger charge is 2.05. The molecule has 0 atom stereocenters. The molecule has 0 saturated heterocycles. The lowest BCUT2D eigenvalue weighted by Gasteiger charge is -1.96. The molecule has 96 valence electrons. The molecule has 0 aliphatic rings. The smallest absolute Gasteiger partial charge is 0.250 e. The Morgan fingerprint density at radius 2 is 2.32 bits per heavy atom. The lowest BCUT2D eigenvalue weighted by atomic mass is 10.2. The Morgan fingerprint density at radius 3 is 3.05 bits per heavy atom. The van der Waals surface area contributed by atoms with Crippen LogP contribution in [0.1, 0.15) is 6.92 Å². The van der Waals surface area contributed by atoms with Crippen LogP contribution >= 0.6 is 11.3 Å². The summed E-state index contributed by atoms with van der Waals surface area (Å²) in [6, 6.07) is 3.78. The fraction of sp³-hybridized carbons (Fsp3) is 0.0714. The van der Waals surface area contributed by atoms with E-state index in [9.17, 15) is 4.79 Å². The zero-order chi connectivity index (χ0) is 13.5. The molecule has 0 unspecified atom stereocenters. The predicted octanol–water partition coefficient (Wildman–Crippen LogP) is 3.28. The summed E-state index contributed by atoms with van der Waals surface area (Å²) < 4.78 is 0. The van der Waals surface area contributed by atoms with Gasteiger partial charge in [0.15, 0.2) is 5.13 Å². The zero-order valence-corrected chi connectivity index (χ0v) is 11.2. The second kappa shape index (κ2) is 6.61. The van der Waals surface area contributed by atoms with E-state index in [4.69, 9.17) is 0 Å². The van der Waals surface area contributed by atoms with Gasteiger partial charge in [-0.15, -0.1) is 11.3 Å². The first-order chi connectivity index (χ1) is 9.29. The van der Waals surface area contributed by atoms with E-state index in [1.165, 1.54) is 17.4 Å². The molecule has 4 nitrogen and oxygen atoms in total. The van der Waals surface area contributed by atoms with Crippen LogP contribution in [-0.4, -0.2) is 15.9 Å². The third-order valence-corrected chi connectivity index (χ3v) is 3.00. The predicted molar refractivity (Wildman–Crippen MR) is 77.9 cm³/mol. The van der Waals surface area contributed by atoms with Crippen molar-refractivity contribution in [2.45, 2.75) is 6.92 Å². The maximum absolute atomic E-state index is 11.6. The van der Waals surface area contributed by atoms with Crippen LogP contribution in [0.4, 0.5) is 5.13 Å². The molecule has 0 aliphatic carbocycles. The highest BCUT2D eigenvalue weighted by atomic mass is 32.1. The van der Waals surface area contributed by atoms with Gasteiger partial charge in [0.1, 0.15) is 0 Å². The van der Waals surface area contributed by atoms with Gasteiger partial charge in [0.2, 0.25) is 5.91 Å². The zero-order valence-electron chi connectivity index (χ0n) is 10.4. The molecule has 0 spiro atoms. The summed E-state index contributed by atoms with van der Waals surface area (Å²) in [6.45, 7) is 1.89. The summed E-state index contributed by atoms with van der Waals surface area (Å²) in [7, 11) is 0. The van der Waals surface area contributed by atoms with Crippen molar-refractivity contribution < 1.29 is 4.79 Å². The van der Waals surface area contributed by atoms with Gasteiger partial charge in [-0.05, 0) is 19.1 Å². The monoisotopic (exact) mass is 271 g/mol. The van der Waals surface area contributed by atoms with Crippen molar-refractivity contribution in [2.24, 2.45) is 0 Å². The van der Waals surface area contributed by atoms with Crippen LogP contribution in [0, 0.1) is 0 Å². The van der Waals surface area contributed by atoms with Gasteiger partial charge in [-0.1, -0.05) is 18.2 Å². The summed E-state index contributed by atoms with van der Waals surface area (Å²) in [4.78, 5) is 19.9. The van der Waals surface area contributed by atoms with E-state index in [1.54, 1.807) is 24.5 Å². The first-order valence-electron chi connectivity index (χ1n) is 5.76.